The summed E-state index contributed by atoms with van der Waals surface area (Å²) < 4.78 is 13.6. The summed E-state index contributed by atoms with van der Waals surface area (Å²) in [5, 5.41) is 3.57. The average Bonchev–Trinajstić information content (AvgIpc) is 2.14. The van der Waals surface area contributed by atoms with Crippen LogP contribution in [0, 0.1) is 11.7 Å². The summed E-state index contributed by atoms with van der Waals surface area (Å²) in [5.74, 6) is 0.292. The molecule has 15 heavy (non-hydrogen) atoms. The van der Waals surface area contributed by atoms with Gasteiger partial charge in [-0.05, 0) is 31.5 Å². The van der Waals surface area contributed by atoms with Crippen LogP contribution in [0.5, 0.6) is 0 Å². The Bertz CT molecular complexity index is 325. The highest BCUT2D eigenvalue weighted by molar-refractivity contribution is 6.30. The molecular formula is C12H17ClFN. The Morgan fingerprint density at radius 1 is 1.40 bits per heavy atom. The first-order valence-corrected chi connectivity index (χ1v) is 5.54. The molecule has 0 aliphatic carbocycles. The molecule has 1 rings (SSSR count). The summed E-state index contributed by atoms with van der Waals surface area (Å²) in [6.45, 7) is 4.25. The zero-order valence-corrected chi connectivity index (χ0v) is 10.1. The van der Waals surface area contributed by atoms with E-state index >= 15 is 0 Å². The lowest BCUT2D eigenvalue weighted by Gasteiger charge is -2.19. The highest BCUT2D eigenvalue weighted by Gasteiger charge is 2.15. The fourth-order valence-corrected chi connectivity index (χ4v) is 1.81. The van der Waals surface area contributed by atoms with Crippen molar-refractivity contribution in [2.24, 2.45) is 5.92 Å². The van der Waals surface area contributed by atoms with E-state index in [9.17, 15) is 4.39 Å². The van der Waals surface area contributed by atoms with E-state index in [-0.39, 0.29) is 11.9 Å². The molecule has 1 unspecified atom stereocenters. The van der Waals surface area contributed by atoms with Gasteiger partial charge in [0.05, 0.1) is 0 Å². The number of hydrogen-bond donors (Lipinski definition) is 1. The van der Waals surface area contributed by atoms with Crippen molar-refractivity contribution < 1.29 is 4.39 Å². The van der Waals surface area contributed by atoms with Crippen LogP contribution >= 0.6 is 11.6 Å². The topological polar surface area (TPSA) is 12.0 Å². The smallest absolute Gasteiger partial charge is 0.129 e. The van der Waals surface area contributed by atoms with Crippen LogP contribution in [-0.2, 0) is 0 Å². The molecule has 0 aliphatic rings. The van der Waals surface area contributed by atoms with Crippen molar-refractivity contribution in [2.75, 3.05) is 7.05 Å². The second-order valence-corrected chi connectivity index (χ2v) is 4.57. The van der Waals surface area contributed by atoms with Gasteiger partial charge in [0.1, 0.15) is 5.82 Å². The average molecular weight is 230 g/mol. The molecule has 3 heteroatoms. The number of halogens is 2. The Balaban J connectivity index is 2.91. The van der Waals surface area contributed by atoms with Gasteiger partial charge in [0, 0.05) is 16.6 Å². The normalized spacial score (nSPS) is 13.2. The van der Waals surface area contributed by atoms with Crippen LogP contribution in [0.1, 0.15) is 31.9 Å². The molecule has 0 aromatic heterocycles. The van der Waals surface area contributed by atoms with Crippen molar-refractivity contribution in [1.29, 1.82) is 0 Å². The van der Waals surface area contributed by atoms with Crippen molar-refractivity contribution in [3.8, 4) is 0 Å². The maximum atomic E-state index is 13.6. The first-order chi connectivity index (χ1) is 7.04. The van der Waals surface area contributed by atoms with Gasteiger partial charge >= 0.3 is 0 Å². The highest BCUT2D eigenvalue weighted by atomic mass is 35.5. The summed E-state index contributed by atoms with van der Waals surface area (Å²) in [6.07, 6.45) is 0.912. The largest absolute Gasteiger partial charge is 0.313 e. The van der Waals surface area contributed by atoms with Gasteiger partial charge in [-0.2, -0.15) is 0 Å². The van der Waals surface area contributed by atoms with E-state index in [0.717, 1.165) is 6.42 Å². The van der Waals surface area contributed by atoms with Gasteiger partial charge in [0.2, 0.25) is 0 Å². The first-order valence-electron chi connectivity index (χ1n) is 5.16. The summed E-state index contributed by atoms with van der Waals surface area (Å²) in [6, 6.07) is 4.90. The number of rotatable bonds is 4. The second-order valence-electron chi connectivity index (χ2n) is 4.14. The Morgan fingerprint density at radius 3 is 2.53 bits per heavy atom. The highest BCUT2D eigenvalue weighted by Crippen LogP contribution is 2.25. The van der Waals surface area contributed by atoms with Gasteiger partial charge < -0.3 is 5.32 Å². The van der Waals surface area contributed by atoms with Gasteiger partial charge in [-0.1, -0.05) is 31.5 Å². The van der Waals surface area contributed by atoms with Gasteiger partial charge in [-0.3, -0.25) is 0 Å². The van der Waals surface area contributed by atoms with E-state index in [1.807, 2.05) is 7.05 Å². The molecule has 1 nitrogen and oxygen atoms in total. The second kappa shape index (κ2) is 5.47. The zero-order valence-electron chi connectivity index (χ0n) is 9.35. The van der Waals surface area contributed by atoms with Crippen molar-refractivity contribution in [2.45, 2.75) is 26.3 Å². The van der Waals surface area contributed by atoms with E-state index in [2.05, 4.69) is 19.2 Å². The maximum absolute atomic E-state index is 13.6. The standard InChI is InChI=1S/C12H17ClFN/c1-8(2)6-12(15-3)10-5-4-9(13)7-11(10)14/h4-5,7-8,12,15H,6H2,1-3H3. The molecule has 0 radical (unpaired) electrons. The van der Waals surface area contributed by atoms with Crippen molar-refractivity contribution in [3.05, 3.63) is 34.6 Å². The summed E-state index contributed by atoms with van der Waals surface area (Å²) in [7, 11) is 1.85. The molecular weight excluding hydrogens is 213 g/mol. The molecule has 84 valence electrons. The number of nitrogens with one attached hydrogen (secondary N) is 1. The van der Waals surface area contributed by atoms with Gasteiger partial charge in [-0.15, -0.1) is 0 Å². The minimum atomic E-state index is -0.234. The SMILES string of the molecule is CNC(CC(C)C)c1ccc(Cl)cc1F. The van der Waals surface area contributed by atoms with E-state index < -0.39 is 0 Å². The van der Waals surface area contributed by atoms with Crippen LogP contribution in [0.3, 0.4) is 0 Å². The van der Waals surface area contributed by atoms with Crippen molar-refractivity contribution in [3.63, 3.8) is 0 Å². The predicted molar refractivity (Wildman–Crippen MR) is 62.7 cm³/mol. The quantitative estimate of drug-likeness (QED) is 0.829. The van der Waals surface area contributed by atoms with Crippen molar-refractivity contribution in [1.82, 2.24) is 5.32 Å². The molecule has 0 saturated heterocycles. The van der Waals surface area contributed by atoms with E-state index in [0.29, 0.717) is 16.5 Å². The third-order valence-corrected chi connectivity index (χ3v) is 2.63. The van der Waals surface area contributed by atoms with Crippen LogP contribution in [0.25, 0.3) is 0 Å². The van der Waals surface area contributed by atoms with E-state index in [4.69, 9.17) is 11.6 Å². The lowest BCUT2D eigenvalue weighted by Crippen LogP contribution is -2.19. The van der Waals surface area contributed by atoms with Gasteiger partial charge in [-0.25, -0.2) is 4.39 Å². The van der Waals surface area contributed by atoms with E-state index in [1.54, 1.807) is 12.1 Å². The minimum absolute atomic E-state index is 0.0577. The third kappa shape index (κ3) is 3.47. The molecule has 1 N–H and O–H groups in total. The zero-order chi connectivity index (χ0) is 11.4. The molecule has 1 aromatic rings. The van der Waals surface area contributed by atoms with E-state index in [1.165, 1.54) is 6.07 Å². The Labute approximate surface area is 95.6 Å². The molecule has 1 aromatic carbocycles. The Hall–Kier alpha value is -0.600. The molecule has 0 heterocycles. The maximum Gasteiger partial charge on any atom is 0.129 e. The molecule has 0 bridgehead atoms. The molecule has 0 amide bonds. The third-order valence-electron chi connectivity index (χ3n) is 2.39. The van der Waals surface area contributed by atoms with Gasteiger partial charge in [0.25, 0.3) is 0 Å². The molecule has 1 atom stereocenters. The van der Waals surface area contributed by atoms with Crippen molar-refractivity contribution >= 4 is 11.6 Å². The Kier molecular flexibility index (Phi) is 4.55. The van der Waals surface area contributed by atoms with Crippen LogP contribution in [0.2, 0.25) is 5.02 Å². The fourth-order valence-electron chi connectivity index (χ4n) is 1.66. The molecule has 0 fully saturated rings. The minimum Gasteiger partial charge on any atom is -0.313 e. The fraction of sp³-hybridized carbons (Fsp3) is 0.500. The molecule has 0 spiro atoms. The van der Waals surface area contributed by atoms with Crippen LogP contribution in [0.15, 0.2) is 18.2 Å². The summed E-state index contributed by atoms with van der Waals surface area (Å²) in [4.78, 5) is 0. The van der Waals surface area contributed by atoms with Gasteiger partial charge in [0.15, 0.2) is 0 Å². The van der Waals surface area contributed by atoms with Crippen LogP contribution in [-0.4, -0.2) is 7.05 Å². The molecule has 0 aliphatic heterocycles. The summed E-state index contributed by atoms with van der Waals surface area (Å²) in [5.41, 5.74) is 0.690. The lowest BCUT2D eigenvalue weighted by molar-refractivity contribution is 0.440. The number of hydrogen-bond acceptors (Lipinski definition) is 1. The first kappa shape index (κ1) is 12.5. The van der Waals surface area contributed by atoms with Crippen LogP contribution < -0.4 is 5.32 Å². The lowest BCUT2D eigenvalue weighted by atomic mass is 9.97. The predicted octanol–water partition coefficient (Wildman–Crippen LogP) is 3.79. The molecule has 0 saturated carbocycles. The van der Waals surface area contributed by atoms with Crippen LogP contribution in [0.4, 0.5) is 4.39 Å². The summed E-state index contributed by atoms with van der Waals surface area (Å²) >= 11 is 5.71. The monoisotopic (exact) mass is 229 g/mol. The Morgan fingerprint density at radius 2 is 2.07 bits per heavy atom. The number of benzene rings is 1.